The van der Waals surface area contributed by atoms with Crippen molar-refractivity contribution in [1.82, 2.24) is 24.9 Å². The number of fused-ring (bicyclic) bond motifs is 3. The zero-order valence-electron chi connectivity index (χ0n) is 17.2. The lowest BCUT2D eigenvalue weighted by atomic mass is 10.1. The molecule has 3 aromatic rings. The first kappa shape index (κ1) is 20.1. The fourth-order valence-corrected chi connectivity index (χ4v) is 4.74. The number of carbonyl (C=O) groups excluding carboxylic acids is 1. The minimum atomic E-state index is -2.90. The average molecular weight is 460 g/mol. The van der Waals surface area contributed by atoms with Crippen LogP contribution in [0.1, 0.15) is 35.2 Å². The highest BCUT2D eigenvalue weighted by Gasteiger charge is 2.41. The molecule has 6 rings (SSSR count). The van der Waals surface area contributed by atoms with Gasteiger partial charge in [-0.1, -0.05) is 0 Å². The average Bonchev–Trinajstić information content (AvgIpc) is 3.42. The van der Waals surface area contributed by atoms with E-state index in [1.165, 1.54) is 16.8 Å². The molecule has 9 nitrogen and oxygen atoms in total. The van der Waals surface area contributed by atoms with Gasteiger partial charge in [-0.2, -0.15) is 5.10 Å². The van der Waals surface area contributed by atoms with Gasteiger partial charge in [-0.3, -0.25) is 4.79 Å². The number of rotatable bonds is 1. The molecule has 1 amide bonds. The van der Waals surface area contributed by atoms with Gasteiger partial charge in [0.15, 0.2) is 17.2 Å². The largest absolute Gasteiger partial charge is 0.483 e. The van der Waals surface area contributed by atoms with Crippen molar-refractivity contribution in [3.8, 4) is 11.6 Å². The summed E-state index contributed by atoms with van der Waals surface area (Å²) in [7, 11) is 0. The van der Waals surface area contributed by atoms with Crippen LogP contribution in [0.4, 0.5) is 19.0 Å². The molecule has 3 atom stereocenters. The summed E-state index contributed by atoms with van der Waals surface area (Å²) in [5.74, 6) is -0.339. The molecule has 3 aliphatic rings. The molecule has 172 valence electrons. The first-order valence-electron chi connectivity index (χ1n) is 10.7. The number of pyridine rings is 1. The SMILES string of the molecule is O=C1N[C@H](C(F)F)COc2ncc(F)cc2CN2c3nc4c1cnn4cc3O[C@H]1CCC[C@H]12. The number of nitrogens with one attached hydrogen (secondary N) is 1. The van der Waals surface area contributed by atoms with Crippen LogP contribution in [-0.4, -0.2) is 56.7 Å². The third-order valence-corrected chi connectivity index (χ3v) is 6.31. The fourth-order valence-electron chi connectivity index (χ4n) is 4.74. The predicted molar refractivity (Wildman–Crippen MR) is 108 cm³/mol. The Labute approximate surface area is 185 Å². The van der Waals surface area contributed by atoms with E-state index in [2.05, 4.69) is 20.4 Å². The summed E-state index contributed by atoms with van der Waals surface area (Å²) in [5, 5.41) is 6.45. The Morgan fingerprint density at radius 1 is 1.24 bits per heavy atom. The lowest BCUT2D eigenvalue weighted by Gasteiger charge is -2.39. The van der Waals surface area contributed by atoms with Gasteiger partial charge >= 0.3 is 0 Å². The minimum absolute atomic E-state index is 0.0253. The number of amides is 1. The number of halogens is 3. The molecule has 0 radical (unpaired) electrons. The van der Waals surface area contributed by atoms with Crippen molar-refractivity contribution >= 4 is 17.4 Å². The van der Waals surface area contributed by atoms with E-state index in [1.54, 1.807) is 6.20 Å². The monoisotopic (exact) mass is 460 g/mol. The van der Waals surface area contributed by atoms with Gasteiger partial charge in [-0.05, 0) is 25.3 Å². The second-order valence-corrected chi connectivity index (χ2v) is 8.38. The summed E-state index contributed by atoms with van der Waals surface area (Å²) in [6.07, 6.45) is 3.54. The van der Waals surface area contributed by atoms with Crippen molar-refractivity contribution in [2.75, 3.05) is 11.5 Å². The number of hydrogen-bond acceptors (Lipinski definition) is 7. The maximum absolute atomic E-state index is 14.1. The molecule has 12 heteroatoms. The predicted octanol–water partition coefficient (Wildman–Crippen LogP) is 2.34. The summed E-state index contributed by atoms with van der Waals surface area (Å²) < 4.78 is 54.6. The third kappa shape index (κ3) is 3.31. The molecule has 0 saturated heterocycles. The quantitative estimate of drug-likeness (QED) is 0.596. The Bertz CT molecular complexity index is 1250. The number of hydrogen-bond donors (Lipinski definition) is 1. The van der Waals surface area contributed by atoms with Crippen molar-refractivity contribution < 1.29 is 27.4 Å². The van der Waals surface area contributed by atoms with Gasteiger partial charge in [-0.25, -0.2) is 27.7 Å². The van der Waals surface area contributed by atoms with Gasteiger partial charge in [0.1, 0.15) is 30.1 Å². The molecule has 2 bridgehead atoms. The lowest BCUT2D eigenvalue weighted by molar-refractivity contribution is 0.0592. The summed E-state index contributed by atoms with van der Waals surface area (Å²) >= 11 is 0. The normalized spacial score (nSPS) is 24.3. The molecule has 1 N–H and O–H groups in total. The Morgan fingerprint density at radius 3 is 2.97 bits per heavy atom. The van der Waals surface area contributed by atoms with E-state index in [0.717, 1.165) is 25.5 Å². The third-order valence-electron chi connectivity index (χ3n) is 6.31. The highest BCUT2D eigenvalue weighted by Crippen LogP contribution is 2.42. The zero-order chi connectivity index (χ0) is 22.7. The number of nitrogens with zero attached hydrogens (tertiary/aromatic N) is 5. The van der Waals surface area contributed by atoms with Crippen molar-refractivity contribution in [1.29, 1.82) is 0 Å². The van der Waals surface area contributed by atoms with E-state index < -0.39 is 30.8 Å². The Morgan fingerprint density at radius 2 is 2.12 bits per heavy atom. The summed E-state index contributed by atoms with van der Waals surface area (Å²) in [6, 6.07) is -0.358. The van der Waals surface area contributed by atoms with E-state index in [-0.39, 0.29) is 35.8 Å². The molecule has 3 aromatic heterocycles. The topological polar surface area (TPSA) is 93.9 Å². The number of anilines is 1. The fraction of sp³-hybridized carbons (Fsp3) is 0.429. The Kier molecular flexibility index (Phi) is 4.56. The van der Waals surface area contributed by atoms with Crippen LogP contribution >= 0.6 is 0 Å². The second-order valence-electron chi connectivity index (χ2n) is 8.38. The van der Waals surface area contributed by atoms with Crippen LogP contribution in [0.3, 0.4) is 0 Å². The summed E-state index contributed by atoms with van der Waals surface area (Å²) in [4.78, 5) is 23.5. The second kappa shape index (κ2) is 7.49. The number of ether oxygens (including phenoxy) is 2. The van der Waals surface area contributed by atoms with E-state index in [4.69, 9.17) is 9.47 Å². The highest BCUT2D eigenvalue weighted by molar-refractivity contribution is 6.00. The Balaban J connectivity index is 1.54. The molecule has 5 heterocycles. The van der Waals surface area contributed by atoms with E-state index in [9.17, 15) is 18.0 Å². The van der Waals surface area contributed by atoms with Gasteiger partial charge in [0.2, 0.25) is 5.88 Å². The summed E-state index contributed by atoms with van der Waals surface area (Å²) in [6.45, 7) is -0.351. The molecular formula is C21H19F3N6O3. The maximum Gasteiger partial charge on any atom is 0.261 e. The minimum Gasteiger partial charge on any atom is -0.483 e. The smallest absolute Gasteiger partial charge is 0.261 e. The van der Waals surface area contributed by atoms with Crippen LogP contribution in [0.15, 0.2) is 24.7 Å². The van der Waals surface area contributed by atoms with Crippen molar-refractivity contribution in [3.05, 3.63) is 41.6 Å². The summed E-state index contributed by atoms with van der Waals surface area (Å²) in [5.41, 5.74) is 0.655. The molecule has 0 unspecified atom stereocenters. The number of aromatic nitrogens is 4. The molecule has 33 heavy (non-hydrogen) atoms. The van der Waals surface area contributed by atoms with Gasteiger partial charge < -0.3 is 19.7 Å². The molecule has 2 aliphatic heterocycles. The first-order valence-corrected chi connectivity index (χ1v) is 10.7. The van der Waals surface area contributed by atoms with E-state index >= 15 is 0 Å². The highest BCUT2D eigenvalue weighted by atomic mass is 19.3. The van der Waals surface area contributed by atoms with Gasteiger partial charge in [0.05, 0.1) is 31.2 Å². The van der Waals surface area contributed by atoms with Gasteiger partial charge in [0, 0.05) is 5.56 Å². The van der Waals surface area contributed by atoms with Crippen LogP contribution in [-0.2, 0) is 6.54 Å². The molecule has 1 fully saturated rings. The van der Waals surface area contributed by atoms with Crippen LogP contribution in [0, 0.1) is 5.82 Å². The van der Waals surface area contributed by atoms with Gasteiger partial charge in [-0.15, -0.1) is 0 Å². The maximum atomic E-state index is 14.1. The van der Waals surface area contributed by atoms with Crippen molar-refractivity contribution in [2.45, 2.75) is 50.4 Å². The molecule has 0 spiro atoms. The molecule has 1 aliphatic carbocycles. The van der Waals surface area contributed by atoms with Crippen molar-refractivity contribution in [3.63, 3.8) is 0 Å². The van der Waals surface area contributed by atoms with Crippen LogP contribution in [0.25, 0.3) is 5.65 Å². The number of carbonyl (C=O) groups is 1. The standard InChI is InChI=1S/C21H19F3N6O3/c22-11-4-10-7-29-14-2-1-3-15(14)33-16-8-30-18(28-19(16)29)12(6-26-30)20(31)27-13(17(23)24)9-32-21(10)25-5-11/h4-6,8,13-15,17H,1-3,7,9H2,(H,27,31)/t13-,14+,15-/m0/s1. The first-order chi connectivity index (χ1) is 16.0. The van der Waals surface area contributed by atoms with Crippen molar-refractivity contribution in [2.24, 2.45) is 0 Å². The molecular weight excluding hydrogens is 441 g/mol. The zero-order valence-corrected chi connectivity index (χ0v) is 17.2. The van der Waals surface area contributed by atoms with Gasteiger partial charge in [0.25, 0.3) is 12.3 Å². The van der Waals surface area contributed by atoms with E-state index in [0.29, 0.717) is 17.1 Å². The van der Waals surface area contributed by atoms with Crippen LogP contribution in [0.5, 0.6) is 11.6 Å². The lowest BCUT2D eigenvalue weighted by Crippen LogP contribution is -2.47. The Hall–Kier alpha value is -3.57. The molecule has 0 aromatic carbocycles. The number of alkyl halides is 2. The van der Waals surface area contributed by atoms with E-state index in [1.807, 2.05) is 4.90 Å². The van der Waals surface area contributed by atoms with Crippen LogP contribution in [0.2, 0.25) is 0 Å². The van der Waals surface area contributed by atoms with Crippen LogP contribution < -0.4 is 19.7 Å². The molecule has 1 saturated carbocycles.